The third-order valence-corrected chi connectivity index (χ3v) is 5.48. The van der Waals surface area contributed by atoms with Crippen LogP contribution in [0.15, 0.2) is 70.4 Å². The van der Waals surface area contributed by atoms with Crippen LogP contribution in [-0.2, 0) is 6.42 Å². The summed E-state index contributed by atoms with van der Waals surface area (Å²) in [5.41, 5.74) is 2.78. The number of thiocarbonyl (C=S) groups is 1. The molecule has 1 atom stereocenters. The zero-order chi connectivity index (χ0) is 20.3. The van der Waals surface area contributed by atoms with E-state index in [1.165, 1.54) is 0 Å². The fourth-order valence-electron chi connectivity index (χ4n) is 3.25. The van der Waals surface area contributed by atoms with E-state index in [9.17, 15) is 0 Å². The van der Waals surface area contributed by atoms with Crippen molar-refractivity contribution in [2.45, 2.75) is 13.3 Å². The highest BCUT2D eigenvalue weighted by Crippen LogP contribution is 2.34. The van der Waals surface area contributed by atoms with E-state index in [1.807, 2.05) is 79.9 Å². The van der Waals surface area contributed by atoms with Crippen LogP contribution in [0.5, 0.6) is 5.75 Å². The number of quaternary nitrogens is 1. The molecule has 1 unspecified atom stereocenters. The van der Waals surface area contributed by atoms with Gasteiger partial charge in [-0.25, -0.2) is 9.99 Å². The van der Waals surface area contributed by atoms with E-state index in [4.69, 9.17) is 21.4 Å². The molecule has 1 aliphatic heterocycles. The van der Waals surface area contributed by atoms with Crippen molar-refractivity contribution in [3.8, 4) is 17.2 Å². The summed E-state index contributed by atoms with van der Waals surface area (Å²) in [6, 6.07) is 17.8. The number of benzene rings is 2. The van der Waals surface area contributed by atoms with Crippen LogP contribution in [0.25, 0.3) is 11.5 Å². The van der Waals surface area contributed by atoms with Crippen molar-refractivity contribution in [2.75, 3.05) is 20.2 Å². The highest BCUT2D eigenvalue weighted by molar-refractivity contribution is 7.80. The summed E-state index contributed by atoms with van der Waals surface area (Å²) >= 11 is 5.65. The third kappa shape index (κ3) is 3.79. The second-order valence-electron chi connectivity index (χ2n) is 6.88. The van der Waals surface area contributed by atoms with E-state index in [1.54, 1.807) is 6.26 Å². The van der Waals surface area contributed by atoms with Gasteiger partial charge in [-0.15, -0.1) is 5.10 Å². The van der Waals surface area contributed by atoms with Crippen molar-refractivity contribution in [2.24, 2.45) is 5.10 Å². The minimum absolute atomic E-state index is 0.321. The molecule has 0 fully saturated rings. The number of hydrogen-bond acceptors (Lipinski definition) is 5. The monoisotopic (exact) mass is 407 g/mol. The van der Waals surface area contributed by atoms with E-state index >= 15 is 0 Å². The number of oxazole rings is 1. The molecule has 3 aromatic rings. The summed E-state index contributed by atoms with van der Waals surface area (Å²) in [6.07, 6.45) is 4.18. The summed E-state index contributed by atoms with van der Waals surface area (Å²) in [5.74, 6) is 1.41. The van der Waals surface area contributed by atoms with Crippen LogP contribution in [0.3, 0.4) is 0 Å². The summed E-state index contributed by atoms with van der Waals surface area (Å²) < 4.78 is 12.0. The molecule has 7 heteroatoms. The lowest BCUT2D eigenvalue weighted by molar-refractivity contribution is 0.317. The number of nitrogens with zero attached hydrogens (tertiary/aromatic N) is 4. The van der Waals surface area contributed by atoms with Crippen LogP contribution >= 0.6 is 12.2 Å². The first kappa shape index (κ1) is 19.3. The molecule has 1 aromatic heterocycles. The second-order valence-corrected chi connectivity index (χ2v) is 7.25. The lowest BCUT2D eigenvalue weighted by Crippen LogP contribution is -2.49. The van der Waals surface area contributed by atoms with Crippen molar-refractivity contribution in [3.05, 3.63) is 66.6 Å². The van der Waals surface area contributed by atoms with Crippen molar-refractivity contribution in [3.63, 3.8) is 0 Å². The Morgan fingerprint density at radius 2 is 1.86 bits per heavy atom. The van der Waals surface area contributed by atoms with E-state index in [0.29, 0.717) is 23.4 Å². The van der Waals surface area contributed by atoms with Crippen molar-refractivity contribution in [1.29, 1.82) is 0 Å². The van der Waals surface area contributed by atoms with Gasteiger partial charge in [-0.05, 0) is 25.1 Å². The van der Waals surface area contributed by atoms with Gasteiger partial charge in [-0.1, -0.05) is 30.3 Å². The first-order valence-corrected chi connectivity index (χ1v) is 9.98. The average Bonchev–Trinajstić information content (AvgIpc) is 3.34. The molecule has 2 heterocycles. The predicted octanol–water partition coefficient (Wildman–Crippen LogP) is 4.46. The number of para-hydroxylation sites is 2. The number of ether oxygens (including phenoxy) is 1. The summed E-state index contributed by atoms with van der Waals surface area (Å²) in [6.45, 7) is 3.25. The Balaban J connectivity index is 1.45. The number of hydrogen-bond donors (Lipinski definition) is 0. The van der Waals surface area contributed by atoms with Crippen LogP contribution in [0, 0.1) is 0 Å². The minimum atomic E-state index is 0.321. The van der Waals surface area contributed by atoms with Gasteiger partial charge in [0.25, 0.3) is 0 Å². The van der Waals surface area contributed by atoms with Gasteiger partial charge in [0, 0.05) is 36.8 Å². The molecule has 2 aromatic carbocycles. The molecule has 0 bridgehead atoms. The molecule has 0 aliphatic carbocycles. The number of aromatic nitrogens is 1. The van der Waals surface area contributed by atoms with E-state index in [0.717, 1.165) is 34.4 Å². The Bertz CT molecular complexity index is 1030. The van der Waals surface area contributed by atoms with Gasteiger partial charge >= 0.3 is 5.11 Å². The third-order valence-electron chi connectivity index (χ3n) is 4.89. The maximum absolute atomic E-state index is 6.11. The van der Waals surface area contributed by atoms with Gasteiger partial charge in [-0.2, -0.15) is 4.48 Å². The Kier molecular flexibility index (Phi) is 5.42. The van der Waals surface area contributed by atoms with E-state index in [-0.39, 0.29) is 0 Å². The molecule has 4 rings (SSSR count). The van der Waals surface area contributed by atoms with E-state index in [2.05, 4.69) is 10.1 Å². The van der Waals surface area contributed by atoms with E-state index < -0.39 is 0 Å². The smallest absolute Gasteiger partial charge is 0.304 e. The Morgan fingerprint density at radius 1 is 1.10 bits per heavy atom. The summed E-state index contributed by atoms with van der Waals surface area (Å²) in [5, 5.41) is 6.98. The van der Waals surface area contributed by atoms with Gasteiger partial charge in [0.15, 0.2) is 11.4 Å². The molecule has 1 aliphatic rings. The normalized spacial score (nSPS) is 18.4. The maximum Gasteiger partial charge on any atom is 0.304 e. The predicted molar refractivity (Wildman–Crippen MR) is 119 cm³/mol. The molecule has 0 radical (unpaired) electrons. The lowest BCUT2D eigenvalue weighted by Gasteiger charge is -2.26. The van der Waals surface area contributed by atoms with Crippen molar-refractivity contribution < 1.29 is 9.15 Å². The van der Waals surface area contributed by atoms with Crippen LogP contribution in [0.2, 0.25) is 0 Å². The fourth-order valence-corrected chi connectivity index (χ4v) is 3.57. The summed E-state index contributed by atoms with van der Waals surface area (Å²) in [7, 11) is 2.02. The average molecular weight is 408 g/mol. The molecule has 0 spiro atoms. The lowest BCUT2D eigenvalue weighted by atomic mass is 10.2. The summed E-state index contributed by atoms with van der Waals surface area (Å²) in [4.78, 5) is 4.56. The molecule has 0 amide bonds. The topological polar surface area (TPSA) is 50.9 Å². The van der Waals surface area contributed by atoms with Crippen LogP contribution < -0.4 is 9.22 Å². The molecule has 148 valence electrons. The van der Waals surface area contributed by atoms with Gasteiger partial charge in [-0.3, -0.25) is 0 Å². The number of rotatable bonds is 7. The maximum atomic E-state index is 6.11. The Labute approximate surface area is 175 Å². The van der Waals surface area contributed by atoms with Crippen LogP contribution in [0.1, 0.15) is 12.6 Å². The molecule has 29 heavy (non-hydrogen) atoms. The van der Waals surface area contributed by atoms with Gasteiger partial charge in [0.05, 0.1) is 19.3 Å². The molecule has 0 saturated carbocycles. The standard InChI is InChI=1S/C22H23N4O2S/c1-3-25-22(29)26(2,16-23-25)19-11-7-8-12-20(19)27-14-13-18-15-28-21(24-18)17-9-5-4-6-10-17/h4-12,15-16H,3,13-14H2,1-2H3/q+1. The second kappa shape index (κ2) is 8.14. The molecule has 0 N–H and O–H groups in total. The molecule has 0 saturated heterocycles. The van der Waals surface area contributed by atoms with Crippen LogP contribution in [-0.4, -0.2) is 41.6 Å². The van der Waals surface area contributed by atoms with Crippen LogP contribution in [0.4, 0.5) is 5.69 Å². The molecular weight excluding hydrogens is 384 g/mol. The fraction of sp³-hybridized carbons (Fsp3) is 0.227. The minimum Gasteiger partial charge on any atom is -0.487 e. The first-order valence-electron chi connectivity index (χ1n) is 9.57. The quantitative estimate of drug-likeness (QED) is 0.427. The van der Waals surface area contributed by atoms with Crippen molar-refractivity contribution in [1.82, 2.24) is 14.5 Å². The first-order chi connectivity index (χ1) is 14.1. The zero-order valence-electron chi connectivity index (χ0n) is 16.5. The van der Waals surface area contributed by atoms with Gasteiger partial charge in [0.2, 0.25) is 12.2 Å². The Morgan fingerprint density at radius 3 is 2.62 bits per heavy atom. The highest BCUT2D eigenvalue weighted by Gasteiger charge is 2.40. The highest BCUT2D eigenvalue weighted by atomic mass is 32.1. The van der Waals surface area contributed by atoms with Gasteiger partial charge < -0.3 is 9.15 Å². The largest absolute Gasteiger partial charge is 0.487 e. The molecular formula is C22H23N4O2S+. The number of hydrazone groups is 1. The van der Waals surface area contributed by atoms with Crippen molar-refractivity contribution >= 4 is 29.4 Å². The van der Waals surface area contributed by atoms with Gasteiger partial charge in [0.1, 0.15) is 6.26 Å². The Hall–Kier alpha value is -3.03. The zero-order valence-corrected chi connectivity index (χ0v) is 17.3. The molecule has 6 nitrogen and oxygen atoms in total. The SMILES string of the molecule is CCN1N=C[N+](C)(c2ccccc2OCCc2coc(-c3ccccc3)n2)C1=S.